The maximum atomic E-state index is 4.22. The molecule has 20 heavy (non-hydrogen) atoms. The number of rotatable bonds is 13. The van der Waals surface area contributed by atoms with Crippen LogP contribution in [0.4, 0.5) is 0 Å². The Kier molecular flexibility index (Phi) is 10.3. The first kappa shape index (κ1) is 17.2. The Balaban J connectivity index is 1.81. The molecule has 0 saturated heterocycles. The van der Waals surface area contributed by atoms with Gasteiger partial charge in [0.2, 0.25) is 0 Å². The highest BCUT2D eigenvalue weighted by molar-refractivity contribution is 4.89. The number of nitrogens with one attached hydrogen (secondary N) is 1. The molecule has 116 valence electrons. The first-order valence-electron chi connectivity index (χ1n) is 8.69. The van der Waals surface area contributed by atoms with Crippen LogP contribution in [0, 0.1) is 0 Å². The number of nitrogens with zero attached hydrogens (tertiary/aromatic N) is 2. The van der Waals surface area contributed by atoms with Crippen LogP contribution >= 0.6 is 0 Å². The largest absolute Gasteiger partial charge is 0.263 e. The van der Waals surface area contributed by atoms with E-state index >= 15 is 0 Å². The zero-order chi connectivity index (χ0) is 14.5. The Morgan fingerprint density at radius 1 is 0.900 bits per heavy atom. The third-order valence-corrected chi connectivity index (χ3v) is 4.14. The molecule has 3 nitrogen and oxygen atoms in total. The zero-order valence-electron chi connectivity index (χ0n) is 13.5. The van der Waals surface area contributed by atoms with Gasteiger partial charge >= 0.3 is 0 Å². The molecular weight excluding hydrogens is 246 g/mol. The molecule has 0 aliphatic rings. The third kappa shape index (κ3) is 8.34. The molecular formula is C17H33N3. The molecule has 1 heterocycles. The van der Waals surface area contributed by atoms with E-state index in [0.29, 0.717) is 5.92 Å². The summed E-state index contributed by atoms with van der Waals surface area (Å²) in [6.07, 6.45) is 18.3. The van der Waals surface area contributed by atoms with E-state index in [1.807, 2.05) is 0 Å². The molecule has 1 unspecified atom stereocenters. The summed E-state index contributed by atoms with van der Waals surface area (Å²) in [6.45, 7) is 4.51. The van der Waals surface area contributed by atoms with E-state index in [-0.39, 0.29) is 0 Å². The molecule has 1 rings (SSSR count). The Morgan fingerprint density at radius 3 is 1.95 bits per heavy atom. The van der Waals surface area contributed by atoms with Crippen molar-refractivity contribution >= 4 is 0 Å². The van der Waals surface area contributed by atoms with Gasteiger partial charge in [0.15, 0.2) is 0 Å². The Bertz CT molecular complexity index is 295. The highest BCUT2D eigenvalue weighted by Crippen LogP contribution is 2.18. The summed E-state index contributed by atoms with van der Waals surface area (Å²) in [7, 11) is 0. The smallest absolute Gasteiger partial charge is 0.137 e. The van der Waals surface area contributed by atoms with Gasteiger partial charge in [-0.1, -0.05) is 84.5 Å². The molecule has 0 saturated carbocycles. The first-order chi connectivity index (χ1) is 9.84. The van der Waals surface area contributed by atoms with Crippen LogP contribution in [-0.2, 0) is 0 Å². The van der Waals surface area contributed by atoms with Gasteiger partial charge in [-0.05, 0) is 6.42 Å². The summed E-state index contributed by atoms with van der Waals surface area (Å²) in [5, 5.41) is 6.88. The number of hydrogen-bond acceptors (Lipinski definition) is 2. The quantitative estimate of drug-likeness (QED) is 0.477. The van der Waals surface area contributed by atoms with E-state index in [0.717, 1.165) is 5.82 Å². The molecule has 0 aromatic carbocycles. The SMILES string of the molecule is CCCCCCCCCCCCCC(C)c1ncn[nH]1. The van der Waals surface area contributed by atoms with E-state index in [2.05, 4.69) is 29.0 Å². The topological polar surface area (TPSA) is 41.6 Å². The van der Waals surface area contributed by atoms with Gasteiger partial charge in [0.05, 0.1) is 0 Å². The molecule has 0 radical (unpaired) electrons. The molecule has 3 heteroatoms. The minimum atomic E-state index is 0.524. The van der Waals surface area contributed by atoms with Gasteiger partial charge in [-0.15, -0.1) is 0 Å². The van der Waals surface area contributed by atoms with Crippen LogP contribution in [0.25, 0.3) is 0 Å². The van der Waals surface area contributed by atoms with E-state index in [4.69, 9.17) is 0 Å². The predicted molar refractivity (Wildman–Crippen MR) is 85.9 cm³/mol. The number of unbranched alkanes of at least 4 members (excludes halogenated alkanes) is 10. The molecule has 0 spiro atoms. The molecule has 1 atom stereocenters. The summed E-state index contributed by atoms with van der Waals surface area (Å²) in [4.78, 5) is 4.22. The average molecular weight is 279 g/mol. The van der Waals surface area contributed by atoms with Crippen LogP contribution in [0.3, 0.4) is 0 Å². The normalized spacial score (nSPS) is 12.7. The molecule has 0 aliphatic heterocycles. The highest BCUT2D eigenvalue weighted by Gasteiger charge is 2.07. The summed E-state index contributed by atoms with van der Waals surface area (Å²) >= 11 is 0. The maximum absolute atomic E-state index is 4.22. The fourth-order valence-electron chi connectivity index (χ4n) is 2.70. The van der Waals surface area contributed by atoms with Gasteiger partial charge in [0, 0.05) is 5.92 Å². The van der Waals surface area contributed by atoms with Crippen molar-refractivity contribution in [1.82, 2.24) is 15.2 Å². The molecule has 0 fully saturated rings. The fourth-order valence-corrected chi connectivity index (χ4v) is 2.70. The van der Waals surface area contributed by atoms with Gasteiger partial charge in [0.1, 0.15) is 12.2 Å². The van der Waals surface area contributed by atoms with Crippen LogP contribution in [0.2, 0.25) is 0 Å². The van der Waals surface area contributed by atoms with E-state index in [1.54, 1.807) is 6.33 Å². The zero-order valence-corrected chi connectivity index (χ0v) is 13.5. The predicted octanol–water partition coefficient (Wildman–Crippen LogP) is 5.61. The second kappa shape index (κ2) is 11.9. The minimum Gasteiger partial charge on any atom is -0.263 e. The molecule has 0 bridgehead atoms. The lowest BCUT2D eigenvalue weighted by atomic mass is 10.0. The van der Waals surface area contributed by atoms with Gasteiger partial charge in [0.25, 0.3) is 0 Å². The van der Waals surface area contributed by atoms with Crippen molar-refractivity contribution in [1.29, 1.82) is 0 Å². The van der Waals surface area contributed by atoms with Crippen LogP contribution in [-0.4, -0.2) is 15.2 Å². The monoisotopic (exact) mass is 279 g/mol. The fraction of sp³-hybridized carbons (Fsp3) is 0.882. The lowest BCUT2D eigenvalue weighted by Crippen LogP contribution is -1.96. The van der Waals surface area contributed by atoms with E-state index in [9.17, 15) is 0 Å². The van der Waals surface area contributed by atoms with Crippen molar-refractivity contribution < 1.29 is 0 Å². The van der Waals surface area contributed by atoms with Gasteiger partial charge in [-0.25, -0.2) is 4.98 Å². The lowest BCUT2D eigenvalue weighted by Gasteiger charge is -2.07. The maximum Gasteiger partial charge on any atom is 0.137 e. The lowest BCUT2D eigenvalue weighted by molar-refractivity contribution is 0.525. The average Bonchev–Trinajstić information content (AvgIpc) is 2.99. The van der Waals surface area contributed by atoms with Gasteiger partial charge in [-0.2, -0.15) is 5.10 Å². The minimum absolute atomic E-state index is 0.524. The summed E-state index contributed by atoms with van der Waals surface area (Å²) in [5.74, 6) is 1.56. The summed E-state index contributed by atoms with van der Waals surface area (Å²) in [6, 6.07) is 0. The second-order valence-electron chi connectivity index (χ2n) is 6.10. The van der Waals surface area contributed by atoms with Crippen molar-refractivity contribution in [3.8, 4) is 0 Å². The highest BCUT2D eigenvalue weighted by atomic mass is 15.2. The van der Waals surface area contributed by atoms with Crippen LogP contribution in [0.1, 0.15) is 103 Å². The molecule has 0 aliphatic carbocycles. The summed E-state index contributed by atoms with van der Waals surface area (Å²) < 4.78 is 0. The molecule has 1 aromatic rings. The van der Waals surface area contributed by atoms with Crippen LogP contribution in [0.5, 0.6) is 0 Å². The van der Waals surface area contributed by atoms with Crippen molar-refractivity contribution in [2.75, 3.05) is 0 Å². The Morgan fingerprint density at radius 2 is 1.45 bits per heavy atom. The van der Waals surface area contributed by atoms with Crippen molar-refractivity contribution in [2.24, 2.45) is 0 Å². The molecule has 1 N–H and O–H groups in total. The number of hydrogen-bond donors (Lipinski definition) is 1. The van der Waals surface area contributed by atoms with E-state index in [1.165, 1.54) is 77.0 Å². The number of aromatic nitrogens is 3. The summed E-state index contributed by atoms with van der Waals surface area (Å²) in [5.41, 5.74) is 0. The van der Waals surface area contributed by atoms with Crippen LogP contribution < -0.4 is 0 Å². The Hall–Kier alpha value is -0.860. The first-order valence-corrected chi connectivity index (χ1v) is 8.69. The number of aromatic amines is 1. The van der Waals surface area contributed by atoms with Crippen molar-refractivity contribution in [3.05, 3.63) is 12.2 Å². The standard InChI is InChI=1S/C17H33N3/c1-3-4-5-6-7-8-9-10-11-12-13-14-16(2)17-18-15-19-20-17/h15-16H,3-14H2,1-2H3,(H,18,19,20). The van der Waals surface area contributed by atoms with Gasteiger partial charge < -0.3 is 0 Å². The molecule has 1 aromatic heterocycles. The van der Waals surface area contributed by atoms with Crippen molar-refractivity contribution in [3.63, 3.8) is 0 Å². The number of H-pyrrole nitrogens is 1. The second-order valence-corrected chi connectivity index (χ2v) is 6.10. The van der Waals surface area contributed by atoms with Gasteiger partial charge in [-0.3, -0.25) is 5.10 Å². The Labute approximate surface area is 125 Å². The van der Waals surface area contributed by atoms with E-state index < -0.39 is 0 Å². The third-order valence-electron chi connectivity index (χ3n) is 4.14. The van der Waals surface area contributed by atoms with Crippen molar-refractivity contribution in [2.45, 2.75) is 96.8 Å². The molecule has 0 amide bonds. The van der Waals surface area contributed by atoms with Crippen LogP contribution in [0.15, 0.2) is 6.33 Å².